The predicted molar refractivity (Wildman–Crippen MR) is 59.3 cm³/mol. The summed E-state index contributed by atoms with van der Waals surface area (Å²) in [6.07, 6.45) is -3.64. The van der Waals surface area contributed by atoms with E-state index in [0.29, 0.717) is 11.4 Å². The molecule has 1 aromatic heterocycles. The van der Waals surface area contributed by atoms with E-state index in [1.165, 1.54) is 12.3 Å². The van der Waals surface area contributed by atoms with E-state index in [1.54, 1.807) is 6.07 Å². The Balaban J connectivity index is 2.47. The van der Waals surface area contributed by atoms with E-state index < -0.39 is 12.6 Å². The van der Waals surface area contributed by atoms with Crippen LogP contribution in [0.4, 0.5) is 19.0 Å². The van der Waals surface area contributed by atoms with Crippen molar-refractivity contribution in [3.8, 4) is 0 Å². The number of pyridine rings is 1. The maximum atomic E-state index is 11.8. The van der Waals surface area contributed by atoms with Crippen molar-refractivity contribution < 1.29 is 13.2 Å². The van der Waals surface area contributed by atoms with Gasteiger partial charge in [-0.3, -0.25) is 0 Å². The Morgan fingerprint density at radius 2 is 2.12 bits per heavy atom. The lowest BCUT2D eigenvalue weighted by Crippen LogP contribution is -2.15. The third kappa shape index (κ3) is 4.43. The van der Waals surface area contributed by atoms with Crippen LogP contribution in [0.2, 0.25) is 0 Å². The summed E-state index contributed by atoms with van der Waals surface area (Å²) in [7, 11) is 0. The molecule has 0 atom stereocenters. The van der Waals surface area contributed by atoms with Crippen LogP contribution in [0.15, 0.2) is 18.3 Å². The van der Waals surface area contributed by atoms with Crippen molar-refractivity contribution in [3.05, 3.63) is 23.9 Å². The van der Waals surface area contributed by atoms with E-state index in [-0.39, 0.29) is 11.5 Å². The highest BCUT2D eigenvalue weighted by Gasteiger charge is 2.26. The van der Waals surface area contributed by atoms with Gasteiger partial charge in [-0.05, 0) is 12.1 Å². The number of aromatic nitrogens is 1. The molecule has 0 saturated heterocycles. The fourth-order valence-electron chi connectivity index (χ4n) is 0.976. The summed E-state index contributed by atoms with van der Waals surface area (Å²) in [4.78, 5) is 4.08. The first kappa shape index (κ1) is 12.7. The molecule has 0 saturated carbocycles. The van der Waals surface area contributed by atoms with E-state index in [0.717, 1.165) is 0 Å². The van der Waals surface area contributed by atoms with E-state index >= 15 is 0 Å². The summed E-state index contributed by atoms with van der Waals surface area (Å²) in [5.41, 5.74) is 5.92. The number of anilines is 1. The second-order valence-corrected chi connectivity index (χ2v) is 3.53. The number of alkyl halides is 3. The van der Waals surface area contributed by atoms with Crippen LogP contribution in [-0.2, 0) is 0 Å². The molecule has 0 unspecified atom stereocenters. The maximum Gasteiger partial charge on any atom is 0.390 e. The minimum atomic E-state index is -4.16. The number of nitrogens with one attached hydrogen (secondary N) is 1. The van der Waals surface area contributed by atoms with E-state index in [9.17, 15) is 13.2 Å². The van der Waals surface area contributed by atoms with Gasteiger partial charge in [0.15, 0.2) is 0 Å². The van der Waals surface area contributed by atoms with E-state index in [2.05, 4.69) is 10.3 Å². The van der Waals surface area contributed by atoms with E-state index in [4.69, 9.17) is 18.0 Å². The van der Waals surface area contributed by atoms with Crippen molar-refractivity contribution in [2.24, 2.45) is 5.73 Å². The zero-order chi connectivity index (χ0) is 12.2. The van der Waals surface area contributed by atoms with Gasteiger partial charge in [0.25, 0.3) is 0 Å². The van der Waals surface area contributed by atoms with Crippen molar-refractivity contribution in [3.63, 3.8) is 0 Å². The molecule has 3 nitrogen and oxygen atoms in total. The summed E-state index contributed by atoms with van der Waals surface area (Å²) >= 11 is 4.71. The zero-order valence-corrected chi connectivity index (χ0v) is 9.03. The average molecular weight is 249 g/mol. The van der Waals surface area contributed by atoms with Crippen molar-refractivity contribution in [2.45, 2.75) is 12.6 Å². The molecule has 88 valence electrons. The monoisotopic (exact) mass is 249 g/mol. The lowest BCUT2D eigenvalue weighted by Gasteiger charge is -2.08. The van der Waals surface area contributed by atoms with Crippen LogP contribution in [0, 0.1) is 0 Å². The van der Waals surface area contributed by atoms with Crippen LogP contribution in [-0.4, -0.2) is 22.7 Å². The summed E-state index contributed by atoms with van der Waals surface area (Å²) in [5.74, 6) is 0.365. The summed E-state index contributed by atoms with van der Waals surface area (Å²) in [6.45, 7) is -0.205. The Labute approximate surface area is 95.9 Å². The van der Waals surface area contributed by atoms with Gasteiger partial charge < -0.3 is 11.1 Å². The second-order valence-electron chi connectivity index (χ2n) is 3.09. The third-order valence-electron chi connectivity index (χ3n) is 1.76. The highest BCUT2D eigenvalue weighted by Crippen LogP contribution is 2.19. The quantitative estimate of drug-likeness (QED) is 0.802. The Hall–Kier alpha value is -1.37. The molecule has 0 fully saturated rings. The van der Waals surface area contributed by atoms with Gasteiger partial charge in [0.2, 0.25) is 0 Å². The van der Waals surface area contributed by atoms with Crippen LogP contribution >= 0.6 is 12.2 Å². The summed E-state index contributed by atoms with van der Waals surface area (Å²) in [5, 5.41) is 2.55. The highest BCUT2D eigenvalue weighted by atomic mass is 32.1. The molecule has 7 heteroatoms. The largest absolute Gasteiger partial charge is 0.390 e. The predicted octanol–water partition coefficient (Wildman–Crippen LogP) is 2.08. The fourth-order valence-corrected chi connectivity index (χ4v) is 1.10. The van der Waals surface area contributed by atoms with E-state index in [1.807, 2.05) is 0 Å². The fraction of sp³-hybridized carbons (Fsp3) is 0.333. The normalized spacial score (nSPS) is 11.2. The third-order valence-corrected chi connectivity index (χ3v) is 2.00. The van der Waals surface area contributed by atoms with Gasteiger partial charge in [-0.15, -0.1) is 0 Å². The van der Waals surface area contributed by atoms with Crippen LogP contribution in [0.5, 0.6) is 0 Å². The average Bonchev–Trinajstić information content (AvgIpc) is 2.16. The lowest BCUT2D eigenvalue weighted by molar-refractivity contribution is -0.131. The van der Waals surface area contributed by atoms with Gasteiger partial charge in [-0.25, -0.2) is 4.98 Å². The van der Waals surface area contributed by atoms with Crippen LogP contribution in [0.1, 0.15) is 12.0 Å². The minimum Gasteiger partial charge on any atom is -0.389 e. The smallest absolute Gasteiger partial charge is 0.389 e. The number of hydrogen-bond donors (Lipinski definition) is 2. The topological polar surface area (TPSA) is 50.9 Å². The second kappa shape index (κ2) is 5.11. The Morgan fingerprint density at radius 3 is 2.56 bits per heavy atom. The molecule has 0 aliphatic rings. The maximum absolute atomic E-state index is 11.8. The molecule has 0 amide bonds. The highest BCUT2D eigenvalue weighted by molar-refractivity contribution is 7.80. The van der Waals surface area contributed by atoms with Gasteiger partial charge in [-0.2, -0.15) is 13.2 Å². The first-order valence-electron chi connectivity index (χ1n) is 4.45. The molecule has 1 heterocycles. The summed E-state index contributed by atoms with van der Waals surface area (Å²) < 4.78 is 35.5. The van der Waals surface area contributed by atoms with Crippen molar-refractivity contribution in [1.29, 1.82) is 0 Å². The molecule has 0 aromatic carbocycles. The number of nitrogens with two attached hydrogens (primary N) is 1. The first-order valence-corrected chi connectivity index (χ1v) is 4.86. The Morgan fingerprint density at radius 1 is 1.44 bits per heavy atom. The number of rotatable bonds is 4. The minimum absolute atomic E-state index is 0.203. The molecule has 0 aliphatic carbocycles. The molecule has 0 aliphatic heterocycles. The van der Waals surface area contributed by atoms with Crippen LogP contribution < -0.4 is 11.1 Å². The molecule has 0 bridgehead atoms. The molecule has 0 spiro atoms. The zero-order valence-electron chi connectivity index (χ0n) is 8.21. The van der Waals surface area contributed by atoms with Gasteiger partial charge >= 0.3 is 6.18 Å². The van der Waals surface area contributed by atoms with Crippen LogP contribution in [0.3, 0.4) is 0 Å². The van der Waals surface area contributed by atoms with Gasteiger partial charge in [-0.1, -0.05) is 12.2 Å². The SMILES string of the molecule is NC(=S)c1ccc(NCCC(F)(F)F)nc1. The number of halogens is 3. The molecular weight excluding hydrogens is 239 g/mol. The first-order chi connectivity index (χ1) is 7.38. The molecule has 1 aromatic rings. The van der Waals surface area contributed by atoms with Crippen LogP contribution in [0.25, 0.3) is 0 Å². The summed E-state index contributed by atoms with van der Waals surface area (Å²) in [6, 6.07) is 3.14. The van der Waals surface area contributed by atoms with Gasteiger partial charge in [0.1, 0.15) is 10.8 Å². The molecule has 3 N–H and O–H groups in total. The Bertz CT molecular complexity index is 361. The number of hydrogen-bond acceptors (Lipinski definition) is 3. The lowest BCUT2D eigenvalue weighted by atomic mass is 10.3. The van der Waals surface area contributed by atoms with Crippen molar-refractivity contribution in [1.82, 2.24) is 4.98 Å². The number of thiocarbonyl (C=S) groups is 1. The molecule has 1 rings (SSSR count). The number of nitrogens with zero attached hydrogens (tertiary/aromatic N) is 1. The van der Waals surface area contributed by atoms with Crippen molar-refractivity contribution in [2.75, 3.05) is 11.9 Å². The van der Waals surface area contributed by atoms with Gasteiger partial charge in [0.05, 0.1) is 6.42 Å². The molecule has 0 radical (unpaired) electrons. The molecule has 16 heavy (non-hydrogen) atoms. The van der Waals surface area contributed by atoms with Crippen molar-refractivity contribution >= 4 is 23.0 Å². The Kier molecular flexibility index (Phi) is 4.05. The standard InChI is InChI=1S/C9H10F3N3S/c10-9(11,12)3-4-14-7-2-1-6(5-15-7)8(13)16/h1-2,5H,3-4H2,(H2,13,16)(H,14,15). The molecular formula is C9H10F3N3S. The van der Waals surface area contributed by atoms with Gasteiger partial charge in [0, 0.05) is 18.3 Å².